The molecule has 2 aromatic carbocycles. The molecular formula is C30H40N4O5. The lowest BCUT2D eigenvalue weighted by atomic mass is 9.89. The highest BCUT2D eigenvalue weighted by atomic mass is 16.5. The number of nitrogens with zero attached hydrogens (tertiary/aromatic N) is 2. The van der Waals surface area contributed by atoms with Crippen LogP contribution in [0.1, 0.15) is 60.9 Å². The van der Waals surface area contributed by atoms with Crippen LogP contribution in [-0.4, -0.2) is 71.8 Å². The van der Waals surface area contributed by atoms with Crippen molar-refractivity contribution in [2.75, 3.05) is 31.1 Å². The minimum atomic E-state index is -1.22. The molecule has 9 heteroatoms. The van der Waals surface area contributed by atoms with E-state index in [2.05, 4.69) is 20.4 Å². The van der Waals surface area contributed by atoms with Crippen LogP contribution in [0.5, 0.6) is 5.75 Å². The molecule has 4 N–H and O–H groups in total. The summed E-state index contributed by atoms with van der Waals surface area (Å²) >= 11 is 0. The number of nitrogens with one attached hydrogen (secondary N) is 2. The number of hydrogen-bond donors (Lipinski definition) is 4. The Hall–Kier alpha value is -3.30. The van der Waals surface area contributed by atoms with Crippen LogP contribution in [0.15, 0.2) is 48.5 Å². The summed E-state index contributed by atoms with van der Waals surface area (Å²) in [5.41, 5.74) is 2.37. The maximum absolute atomic E-state index is 13.0. The minimum Gasteiger partial charge on any atom is -0.465 e. The number of amides is 2. The summed E-state index contributed by atoms with van der Waals surface area (Å²) in [6.45, 7) is 2.91. The molecule has 2 amide bonds. The third kappa shape index (κ3) is 6.83. The van der Waals surface area contributed by atoms with Gasteiger partial charge >= 0.3 is 6.09 Å². The number of carboxylic acid groups (broad SMARTS) is 1. The minimum absolute atomic E-state index is 0.0846. The van der Waals surface area contributed by atoms with Crippen molar-refractivity contribution in [2.45, 2.75) is 69.9 Å². The fourth-order valence-electron chi connectivity index (χ4n) is 6.11. The van der Waals surface area contributed by atoms with Crippen LogP contribution in [0.3, 0.4) is 0 Å². The monoisotopic (exact) mass is 536 g/mol. The molecule has 2 aliphatic heterocycles. The number of rotatable bonds is 10. The number of ether oxygens (including phenoxy) is 1. The molecule has 2 fully saturated rings. The summed E-state index contributed by atoms with van der Waals surface area (Å²) in [5.74, 6) is 1.04. The van der Waals surface area contributed by atoms with E-state index in [1.807, 2.05) is 36.4 Å². The topological polar surface area (TPSA) is 114 Å². The zero-order chi connectivity index (χ0) is 27.2. The first-order valence-corrected chi connectivity index (χ1v) is 14.3. The smallest absolute Gasteiger partial charge is 0.404 e. The van der Waals surface area contributed by atoms with Gasteiger partial charge in [-0.25, -0.2) is 4.79 Å². The van der Waals surface area contributed by atoms with Gasteiger partial charge in [0.25, 0.3) is 5.91 Å². The van der Waals surface area contributed by atoms with E-state index in [0.717, 1.165) is 30.9 Å². The Morgan fingerprint density at radius 3 is 2.46 bits per heavy atom. The number of aliphatic hydroxyl groups is 1. The van der Waals surface area contributed by atoms with Crippen molar-refractivity contribution in [1.29, 1.82) is 0 Å². The SMILES string of the molecule is O=C(O)N[C@@H](Cc1ccccc1)[C@@H](O)CNC(=O)c1ccc2c(c1)OC(N1CCCC1)N2CC1CCCCC1. The molecule has 1 aliphatic carbocycles. The molecule has 2 heterocycles. The molecule has 1 saturated heterocycles. The molecular weight excluding hydrogens is 496 g/mol. The van der Waals surface area contributed by atoms with Crippen molar-refractivity contribution in [1.82, 2.24) is 15.5 Å². The van der Waals surface area contributed by atoms with Crippen LogP contribution in [0.2, 0.25) is 0 Å². The number of carbonyl (C=O) groups is 2. The predicted molar refractivity (Wildman–Crippen MR) is 149 cm³/mol. The first-order chi connectivity index (χ1) is 19.0. The number of likely N-dealkylation sites (tertiary alicyclic amines) is 1. The van der Waals surface area contributed by atoms with Gasteiger partial charge in [0, 0.05) is 31.7 Å². The molecule has 210 valence electrons. The molecule has 0 aromatic heterocycles. The third-order valence-corrected chi connectivity index (χ3v) is 8.21. The maximum Gasteiger partial charge on any atom is 0.404 e. The van der Waals surface area contributed by atoms with Crippen molar-refractivity contribution >= 4 is 17.7 Å². The summed E-state index contributed by atoms with van der Waals surface area (Å²) in [6.07, 6.45) is 6.62. The van der Waals surface area contributed by atoms with Crippen LogP contribution in [0.25, 0.3) is 0 Å². The highest BCUT2D eigenvalue weighted by Gasteiger charge is 2.38. The highest BCUT2D eigenvalue weighted by Crippen LogP contribution is 2.41. The molecule has 2 aromatic rings. The van der Waals surface area contributed by atoms with E-state index in [0.29, 0.717) is 23.7 Å². The van der Waals surface area contributed by atoms with Gasteiger partial charge in [0.2, 0.25) is 6.35 Å². The van der Waals surface area contributed by atoms with Gasteiger partial charge in [0.1, 0.15) is 5.75 Å². The van der Waals surface area contributed by atoms with Crippen LogP contribution in [0.4, 0.5) is 10.5 Å². The quantitative estimate of drug-likeness (QED) is 0.365. The zero-order valence-electron chi connectivity index (χ0n) is 22.4. The van der Waals surface area contributed by atoms with Crippen molar-refractivity contribution in [3.05, 3.63) is 59.7 Å². The van der Waals surface area contributed by atoms with Gasteiger partial charge in [-0.2, -0.15) is 0 Å². The number of benzene rings is 2. The molecule has 3 aliphatic rings. The predicted octanol–water partition coefficient (Wildman–Crippen LogP) is 3.81. The van der Waals surface area contributed by atoms with Crippen molar-refractivity contribution < 1.29 is 24.5 Å². The van der Waals surface area contributed by atoms with Crippen LogP contribution in [0, 0.1) is 5.92 Å². The number of hydrogen-bond acceptors (Lipinski definition) is 6. The normalized spacial score (nSPS) is 21.2. The lowest BCUT2D eigenvalue weighted by Crippen LogP contribution is -2.49. The molecule has 1 unspecified atom stereocenters. The fourth-order valence-corrected chi connectivity index (χ4v) is 6.11. The summed E-state index contributed by atoms with van der Waals surface area (Å²) in [4.78, 5) is 29.1. The largest absolute Gasteiger partial charge is 0.465 e. The summed E-state index contributed by atoms with van der Waals surface area (Å²) < 4.78 is 6.46. The van der Waals surface area contributed by atoms with E-state index < -0.39 is 18.2 Å². The lowest BCUT2D eigenvalue weighted by molar-refractivity contribution is 0.0541. The highest BCUT2D eigenvalue weighted by molar-refractivity contribution is 5.95. The maximum atomic E-state index is 13.0. The van der Waals surface area contributed by atoms with Crippen LogP contribution in [-0.2, 0) is 6.42 Å². The number of fused-ring (bicyclic) bond motifs is 1. The first kappa shape index (κ1) is 27.3. The summed E-state index contributed by atoms with van der Waals surface area (Å²) in [7, 11) is 0. The molecule has 9 nitrogen and oxygen atoms in total. The Bertz CT molecular complexity index is 1120. The second kappa shape index (κ2) is 12.7. The lowest BCUT2D eigenvalue weighted by Gasteiger charge is -2.35. The number of anilines is 1. The Labute approximate surface area is 230 Å². The molecule has 0 radical (unpaired) electrons. The zero-order valence-corrected chi connectivity index (χ0v) is 22.4. The van der Waals surface area contributed by atoms with Gasteiger partial charge in [0.05, 0.1) is 17.8 Å². The Balaban J connectivity index is 1.24. The van der Waals surface area contributed by atoms with Crippen molar-refractivity contribution in [2.24, 2.45) is 5.92 Å². The van der Waals surface area contributed by atoms with E-state index in [9.17, 15) is 19.8 Å². The van der Waals surface area contributed by atoms with Gasteiger partial charge in [-0.05, 0) is 61.8 Å². The summed E-state index contributed by atoms with van der Waals surface area (Å²) in [5, 5.41) is 25.1. The third-order valence-electron chi connectivity index (χ3n) is 8.21. The number of aliphatic hydroxyl groups excluding tert-OH is 1. The molecule has 39 heavy (non-hydrogen) atoms. The van der Waals surface area contributed by atoms with E-state index >= 15 is 0 Å². The fraction of sp³-hybridized carbons (Fsp3) is 0.533. The molecule has 5 rings (SSSR count). The van der Waals surface area contributed by atoms with Crippen molar-refractivity contribution in [3.63, 3.8) is 0 Å². The number of carbonyl (C=O) groups excluding carboxylic acids is 1. The Kier molecular flexibility index (Phi) is 8.88. The van der Waals surface area contributed by atoms with Gasteiger partial charge in [-0.3, -0.25) is 9.69 Å². The summed E-state index contributed by atoms with van der Waals surface area (Å²) in [6, 6.07) is 14.2. The average Bonchev–Trinajstić information content (AvgIpc) is 3.60. The van der Waals surface area contributed by atoms with E-state index in [4.69, 9.17) is 4.74 Å². The second-order valence-electron chi connectivity index (χ2n) is 11.0. The molecule has 1 saturated carbocycles. The van der Waals surface area contributed by atoms with Gasteiger partial charge < -0.3 is 30.5 Å². The van der Waals surface area contributed by atoms with E-state index in [1.54, 1.807) is 12.1 Å². The van der Waals surface area contributed by atoms with Gasteiger partial charge in [0.15, 0.2) is 0 Å². The van der Waals surface area contributed by atoms with Crippen molar-refractivity contribution in [3.8, 4) is 5.75 Å². The standard InChI is InChI=1S/C30H40N4O5/c35-26(24(32-29(37)38)17-21-9-3-1-4-10-21)19-31-28(36)23-13-14-25-27(18-23)39-30(33-15-7-8-16-33)34(25)20-22-11-5-2-6-12-22/h1,3-4,9-10,13-14,18,22,24,26,30,32,35H,2,5-8,11-12,15-17,19-20H2,(H,31,36)(H,37,38)/t24-,26-,30?/m0/s1. The molecule has 0 spiro atoms. The van der Waals surface area contributed by atoms with Gasteiger partial charge in [-0.1, -0.05) is 49.6 Å². The Morgan fingerprint density at radius 2 is 1.74 bits per heavy atom. The van der Waals surface area contributed by atoms with Crippen LogP contribution < -0.4 is 20.3 Å². The average molecular weight is 537 g/mol. The Morgan fingerprint density at radius 1 is 1.00 bits per heavy atom. The van der Waals surface area contributed by atoms with Crippen LogP contribution >= 0.6 is 0 Å². The van der Waals surface area contributed by atoms with E-state index in [-0.39, 0.29) is 18.8 Å². The second-order valence-corrected chi connectivity index (χ2v) is 11.0. The van der Waals surface area contributed by atoms with E-state index in [1.165, 1.54) is 44.9 Å². The molecule has 0 bridgehead atoms. The first-order valence-electron chi connectivity index (χ1n) is 14.3. The molecule has 3 atom stereocenters. The van der Waals surface area contributed by atoms with Gasteiger partial charge in [-0.15, -0.1) is 0 Å².